The summed E-state index contributed by atoms with van der Waals surface area (Å²) in [5.74, 6) is -0.147. The highest BCUT2D eigenvalue weighted by Crippen LogP contribution is 2.23. The molecule has 0 spiro atoms. The molecule has 3 rings (SSSR count). The van der Waals surface area contributed by atoms with Crippen LogP contribution in [0.15, 0.2) is 51.8 Å². The first-order chi connectivity index (χ1) is 12.7. The number of carbonyl (C=O) groups excluding carboxylic acids is 1. The van der Waals surface area contributed by atoms with E-state index in [-0.39, 0.29) is 29.1 Å². The van der Waals surface area contributed by atoms with Crippen LogP contribution in [0.1, 0.15) is 16.7 Å². The molecule has 0 aliphatic heterocycles. The normalized spacial score (nSPS) is 11.4. The van der Waals surface area contributed by atoms with Crippen molar-refractivity contribution in [3.8, 4) is 11.5 Å². The standard InChI is InChI=1S/C19H19N3O4S/c1-12-7-8-13(2)15(9-12)11-17(23)20-19-22-21-18(26-19)14-5-4-6-16(10-14)27(3,24)25/h4-10H,11H2,1-3H3,(H,20,22,23). The summed E-state index contributed by atoms with van der Waals surface area (Å²) in [4.78, 5) is 12.4. The molecule has 2 aromatic carbocycles. The highest BCUT2D eigenvalue weighted by Gasteiger charge is 2.15. The van der Waals surface area contributed by atoms with E-state index in [1.54, 1.807) is 12.1 Å². The molecule has 0 radical (unpaired) electrons. The molecule has 8 heteroatoms. The van der Waals surface area contributed by atoms with Crippen molar-refractivity contribution < 1.29 is 17.6 Å². The monoisotopic (exact) mass is 385 g/mol. The number of benzene rings is 2. The molecule has 1 heterocycles. The Bertz CT molecular complexity index is 1100. The van der Waals surface area contributed by atoms with Crippen LogP contribution in [0.3, 0.4) is 0 Å². The van der Waals surface area contributed by atoms with Crippen molar-refractivity contribution in [2.75, 3.05) is 11.6 Å². The van der Waals surface area contributed by atoms with Gasteiger partial charge in [0.05, 0.1) is 11.3 Å². The third-order valence-electron chi connectivity index (χ3n) is 4.04. The Morgan fingerprint density at radius 2 is 1.89 bits per heavy atom. The Morgan fingerprint density at radius 1 is 1.11 bits per heavy atom. The van der Waals surface area contributed by atoms with Gasteiger partial charge in [-0.25, -0.2) is 8.42 Å². The van der Waals surface area contributed by atoms with Gasteiger partial charge in [-0.15, -0.1) is 5.10 Å². The first kappa shape index (κ1) is 18.8. The second-order valence-electron chi connectivity index (χ2n) is 6.37. The number of hydrogen-bond acceptors (Lipinski definition) is 6. The van der Waals surface area contributed by atoms with Gasteiger partial charge < -0.3 is 4.42 Å². The molecule has 0 saturated heterocycles. The van der Waals surface area contributed by atoms with E-state index < -0.39 is 9.84 Å². The van der Waals surface area contributed by atoms with Gasteiger partial charge in [-0.2, -0.15) is 0 Å². The molecule has 0 aliphatic carbocycles. The fourth-order valence-electron chi connectivity index (χ4n) is 2.58. The van der Waals surface area contributed by atoms with Crippen LogP contribution >= 0.6 is 0 Å². The second kappa shape index (κ2) is 7.32. The highest BCUT2D eigenvalue weighted by molar-refractivity contribution is 7.90. The van der Waals surface area contributed by atoms with E-state index in [0.29, 0.717) is 5.56 Å². The average Bonchev–Trinajstić information content (AvgIpc) is 3.06. The van der Waals surface area contributed by atoms with Crippen LogP contribution in [0.4, 0.5) is 6.01 Å². The molecule has 27 heavy (non-hydrogen) atoms. The number of nitrogens with zero attached hydrogens (tertiary/aromatic N) is 2. The van der Waals surface area contributed by atoms with Gasteiger partial charge in [0.2, 0.25) is 11.8 Å². The molecule has 0 atom stereocenters. The molecule has 1 amide bonds. The number of sulfone groups is 1. The van der Waals surface area contributed by atoms with Crippen molar-refractivity contribution in [1.82, 2.24) is 10.2 Å². The summed E-state index contributed by atoms with van der Waals surface area (Å²) in [6.07, 6.45) is 1.31. The molecular formula is C19H19N3O4S. The number of aryl methyl sites for hydroxylation is 2. The van der Waals surface area contributed by atoms with Crippen LogP contribution in [0, 0.1) is 13.8 Å². The van der Waals surface area contributed by atoms with Crippen LogP contribution in [0.2, 0.25) is 0 Å². The van der Waals surface area contributed by atoms with Crippen molar-refractivity contribution >= 4 is 21.8 Å². The lowest BCUT2D eigenvalue weighted by atomic mass is 10.0. The summed E-state index contributed by atoms with van der Waals surface area (Å²) in [5, 5.41) is 10.3. The number of amides is 1. The number of nitrogens with one attached hydrogen (secondary N) is 1. The smallest absolute Gasteiger partial charge is 0.322 e. The Labute approximate surface area is 157 Å². The Kier molecular flexibility index (Phi) is 5.09. The average molecular weight is 385 g/mol. The minimum Gasteiger partial charge on any atom is -0.403 e. The number of carbonyl (C=O) groups is 1. The van der Waals surface area contributed by atoms with E-state index in [4.69, 9.17) is 4.42 Å². The number of rotatable bonds is 5. The number of hydrogen-bond donors (Lipinski definition) is 1. The quantitative estimate of drug-likeness (QED) is 0.724. The Morgan fingerprint density at radius 3 is 2.63 bits per heavy atom. The number of anilines is 1. The van der Waals surface area contributed by atoms with Crippen molar-refractivity contribution in [3.05, 3.63) is 59.2 Å². The fraction of sp³-hybridized carbons (Fsp3) is 0.211. The van der Waals surface area contributed by atoms with Gasteiger partial charge in [-0.1, -0.05) is 34.9 Å². The summed E-state index contributed by atoms with van der Waals surface area (Å²) in [5.41, 5.74) is 3.49. The molecule has 0 aliphatic rings. The van der Waals surface area contributed by atoms with Crippen LogP contribution < -0.4 is 5.32 Å². The van der Waals surface area contributed by atoms with Gasteiger partial charge in [-0.05, 0) is 43.2 Å². The molecular weight excluding hydrogens is 366 g/mol. The molecule has 0 bridgehead atoms. The summed E-state index contributed by atoms with van der Waals surface area (Å²) in [7, 11) is -3.35. The lowest BCUT2D eigenvalue weighted by Gasteiger charge is -2.06. The van der Waals surface area contributed by atoms with Crippen molar-refractivity contribution in [1.29, 1.82) is 0 Å². The van der Waals surface area contributed by atoms with E-state index in [1.807, 2.05) is 32.0 Å². The van der Waals surface area contributed by atoms with Crippen LogP contribution in [-0.2, 0) is 21.1 Å². The Balaban J connectivity index is 1.75. The van der Waals surface area contributed by atoms with Crippen molar-refractivity contribution in [2.45, 2.75) is 25.2 Å². The van der Waals surface area contributed by atoms with Crippen LogP contribution in [-0.4, -0.2) is 30.8 Å². The molecule has 7 nitrogen and oxygen atoms in total. The maximum Gasteiger partial charge on any atom is 0.322 e. The molecule has 0 fully saturated rings. The summed E-state index contributed by atoms with van der Waals surface area (Å²) >= 11 is 0. The van der Waals surface area contributed by atoms with Gasteiger partial charge >= 0.3 is 6.01 Å². The lowest BCUT2D eigenvalue weighted by molar-refractivity contribution is -0.115. The second-order valence-corrected chi connectivity index (χ2v) is 8.38. The van der Waals surface area contributed by atoms with E-state index in [0.717, 1.165) is 22.9 Å². The zero-order valence-electron chi connectivity index (χ0n) is 15.2. The van der Waals surface area contributed by atoms with E-state index in [2.05, 4.69) is 15.5 Å². The fourth-order valence-corrected chi connectivity index (χ4v) is 3.24. The predicted molar refractivity (Wildman–Crippen MR) is 101 cm³/mol. The summed E-state index contributed by atoms with van der Waals surface area (Å²) < 4.78 is 28.8. The molecule has 3 aromatic rings. The maximum absolute atomic E-state index is 12.3. The van der Waals surface area contributed by atoms with E-state index in [1.165, 1.54) is 12.1 Å². The predicted octanol–water partition coefficient (Wildman–Crippen LogP) is 2.94. The molecule has 0 saturated carbocycles. The summed E-state index contributed by atoms with van der Waals surface area (Å²) in [6.45, 7) is 3.91. The first-order valence-corrected chi connectivity index (χ1v) is 10.1. The molecule has 1 N–H and O–H groups in total. The minimum absolute atomic E-state index is 0.0370. The highest BCUT2D eigenvalue weighted by atomic mass is 32.2. The topological polar surface area (TPSA) is 102 Å². The van der Waals surface area contributed by atoms with Crippen LogP contribution in [0.25, 0.3) is 11.5 Å². The summed E-state index contributed by atoms with van der Waals surface area (Å²) in [6, 6.07) is 12.1. The van der Waals surface area contributed by atoms with Gasteiger partial charge in [0.15, 0.2) is 9.84 Å². The SMILES string of the molecule is Cc1ccc(C)c(CC(=O)Nc2nnc(-c3cccc(S(C)(=O)=O)c3)o2)c1. The third-order valence-corrected chi connectivity index (χ3v) is 5.15. The molecule has 140 valence electrons. The number of aromatic nitrogens is 2. The maximum atomic E-state index is 12.3. The Hall–Kier alpha value is -3.00. The van der Waals surface area contributed by atoms with Gasteiger partial charge in [0, 0.05) is 11.8 Å². The van der Waals surface area contributed by atoms with E-state index >= 15 is 0 Å². The van der Waals surface area contributed by atoms with Crippen molar-refractivity contribution in [2.24, 2.45) is 0 Å². The lowest BCUT2D eigenvalue weighted by Crippen LogP contribution is -2.15. The largest absolute Gasteiger partial charge is 0.403 e. The van der Waals surface area contributed by atoms with Gasteiger partial charge in [-0.3, -0.25) is 10.1 Å². The zero-order valence-corrected chi connectivity index (χ0v) is 16.0. The zero-order chi connectivity index (χ0) is 19.6. The van der Waals surface area contributed by atoms with E-state index in [9.17, 15) is 13.2 Å². The molecule has 0 unspecified atom stereocenters. The minimum atomic E-state index is -3.35. The van der Waals surface area contributed by atoms with Crippen molar-refractivity contribution in [3.63, 3.8) is 0 Å². The van der Waals surface area contributed by atoms with Gasteiger partial charge in [0.1, 0.15) is 0 Å². The third kappa shape index (κ3) is 4.59. The first-order valence-electron chi connectivity index (χ1n) is 8.22. The van der Waals surface area contributed by atoms with Crippen LogP contribution in [0.5, 0.6) is 0 Å². The van der Waals surface area contributed by atoms with Gasteiger partial charge in [0.25, 0.3) is 0 Å². The molecule has 1 aromatic heterocycles.